The molecule has 1 atom stereocenters. The van der Waals surface area contributed by atoms with Crippen molar-refractivity contribution < 1.29 is 9.53 Å². The highest BCUT2D eigenvalue weighted by atomic mass is 79.9. The number of carbonyl (C=O) groups is 1. The van der Waals surface area contributed by atoms with Crippen LogP contribution in [0.4, 0.5) is 11.4 Å². The van der Waals surface area contributed by atoms with Gasteiger partial charge in [0.25, 0.3) is 0 Å². The molecule has 1 fully saturated rings. The number of nitrogens with one attached hydrogen (secondary N) is 1. The van der Waals surface area contributed by atoms with Crippen LogP contribution in [0.3, 0.4) is 0 Å². The van der Waals surface area contributed by atoms with Gasteiger partial charge in [-0.2, -0.15) is 0 Å². The largest absolute Gasteiger partial charge is 0.397 e. The van der Waals surface area contributed by atoms with Gasteiger partial charge in [-0.05, 0) is 50.3 Å². The highest BCUT2D eigenvalue weighted by Crippen LogP contribution is 2.28. The molecule has 1 aliphatic rings. The number of nitrogen functional groups attached to an aromatic ring is 1. The Labute approximate surface area is 128 Å². The van der Waals surface area contributed by atoms with Gasteiger partial charge in [0, 0.05) is 17.5 Å². The molecule has 5 heteroatoms. The predicted octanol–water partition coefficient (Wildman–Crippen LogP) is 3.63. The first-order chi connectivity index (χ1) is 9.56. The van der Waals surface area contributed by atoms with Gasteiger partial charge in [0.2, 0.25) is 5.91 Å². The van der Waals surface area contributed by atoms with Gasteiger partial charge in [0.1, 0.15) is 0 Å². The van der Waals surface area contributed by atoms with Crippen LogP contribution in [0.5, 0.6) is 0 Å². The van der Waals surface area contributed by atoms with Crippen molar-refractivity contribution in [2.75, 3.05) is 17.7 Å². The van der Waals surface area contributed by atoms with Crippen molar-refractivity contribution in [2.45, 2.75) is 45.1 Å². The number of aryl methyl sites for hydroxylation is 1. The molecule has 2 rings (SSSR count). The average molecular weight is 341 g/mol. The molecule has 1 amide bonds. The van der Waals surface area contributed by atoms with Gasteiger partial charge < -0.3 is 15.8 Å². The van der Waals surface area contributed by atoms with Crippen molar-refractivity contribution in [2.24, 2.45) is 0 Å². The van der Waals surface area contributed by atoms with Gasteiger partial charge >= 0.3 is 0 Å². The van der Waals surface area contributed by atoms with Crippen LogP contribution >= 0.6 is 15.9 Å². The van der Waals surface area contributed by atoms with E-state index in [2.05, 4.69) is 21.2 Å². The van der Waals surface area contributed by atoms with Crippen molar-refractivity contribution in [3.8, 4) is 0 Å². The summed E-state index contributed by atoms with van der Waals surface area (Å²) in [4.78, 5) is 12.0. The first kappa shape index (κ1) is 15.3. The topological polar surface area (TPSA) is 64.3 Å². The van der Waals surface area contributed by atoms with E-state index < -0.39 is 0 Å². The van der Waals surface area contributed by atoms with E-state index >= 15 is 0 Å². The Morgan fingerprint density at radius 1 is 1.50 bits per heavy atom. The Bertz CT molecular complexity index is 462. The number of halogens is 1. The van der Waals surface area contributed by atoms with Gasteiger partial charge in [0.05, 0.1) is 17.5 Å². The number of hydrogen-bond donors (Lipinski definition) is 2. The van der Waals surface area contributed by atoms with E-state index in [0.717, 1.165) is 35.9 Å². The third-order valence-corrected chi connectivity index (χ3v) is 4.02. The normalized spacial score (nSPS) is 18.8. The van der Waals surface area contributed by atoms with Crippen LogP contribution in [0.1, 0.15) is 37.7 Å². The monoisotopic (exact) mass is 340 g/mol. The van der Waals surface area contributed by atoms with Gasteiger partial charge in [-0.1, -0.05) is 15.9 Å². The molecule has 20 heavy (non-hydrogen) atoms. The summed E-state index contributed by atoms with van der Waals surface area (Å²) >= 11 is 3.39. The van der Waals surface area contributed by atoms with Crippen LogP contribution in [0.2, 0.25) is 0 Å². The van der Waals surface area contributed by atoms with E-state index in [0.29, 0.717) is 17.8 Å². The van der Waals surface area contributed by atoms with Crippen LogP contribution in [-0.2, 0) is 9.53 Å². The SMILES string of the molecule is Cc1cc(Br)cc(N)c1NC(=O)CCC1CCCCO1. The number of ether oxygens (including phenoxy) is 1. The maximum absolute atomic E-state index is 12.0. The fraction of sp³-hybridized carbons (Fsp3) is 0.533. The van der Waals surface area contributed by atoms with Gasteiger partial charge in [-0.3, -0.25) is 4.79 Å². The van der Waals surface area contributed by atoms with E-state index in [1.807, 2.05) is 13.0 Å². The Kier molecular flexibility index (Phi) is 5.43. The van der Waals surface area contributed by atoms with E-state index in [9.17, 15) is 4.79 Å². The number of nitrogens with two attached hydrogens (primary N) is 1. The summed E-state index contributed by atoms with van der Waals surface area (Å²) in [6, 6.07) is 3.74. The maximum Gasteiger partial charge on any atom is 0.224 e. The molecule has 0 bridgehead atoms. The fourth-order valence-electron chi connectivity index (χ4n) is 2.47. The second-order valence-corrected chi connectivity index (χ2v) is 6.18. The third-order valence-electron chi connectivity index (χ3n) is 3.56. The molecule has 0 spiro atoms. The van der Waals surface area contributed by atoms with Crippen LogP contribution < -0.4 is 11.1 Å². The minimum absolute atomic E-state index is 0.00343. The first-order valence-electron chi connectivity index (χ1n) is 7.03. The lowest BCUT2D eigenvalue weighted by molar-refractivity contribution is -0.117. The fourth-order valence-corrected chi connectivity index (χ4v) is 3.06. The van der Waals surface area contributed by atoms with Crippen molar-refractivity contribution in [3.05, 3.63) is 22.2 Å². The Hall–Kier alpha value is -1.07. The number of anilines is 2. The Morgan fingerprint density at radius 2 is 2.30 bits per heavy atom. The zero-order valence-corrected chi connectivity index (χ0v) is 13.3. The van der Waals surface area contributed by atoms with Crippen molar-refractivity contribution in [1.82, 2.24) is 0 Å². The van der Waals surface area contributed by atoms with E-state index in [1.54, 1.807) is 6.07 Å². The van der Waals surface area contributed by atoms with Crippen LogP contribution in [-0.4, -0.2) is 18.6 Å². The minimum Gasteiger partial charge on any atom is -0.397 e. The molecule has 1 aromatic rings. The quantitative estimate of drug-likeness (QED) is 0.822. The molecule has 3 N–H and O–H groups in total. The number of amides is 1. The second kappa shape index (κ2) is 7.09. The first-order valence-corrected chi connectivity index (χ1v) is 7.82. The molecule has 0 aromatic heterocycles. The molecule has 1 saturated heterocycles. The molecule has 110 valence electrons. The summed E-state index contributed by atoms with van der Waals surface area (Å²) in [5, 5.41) is 2.90. The summed E-state index contributed by atoms with van der Waals surface area (Å²) in [7, 11) is 0. The lowest BCUT2D eigenvalue weighted by Gasteiger charge is -2.22. The van der Waals surface area contributed by atoms with Crippen molar-refractivity contribution in [1.29, 1.82) is 0 Å². The lowest BCUT2D eigenvalue weighted by atomic mass is 10.0. The highest BCUT2D eigenvalue weighted by molar-refractivity contribution is 9.10. The Balaban J connectivity index is 1.88. The minimum atomic E-state index is -0.00343. The van der Waals surface area contributed by atoms with E-state index in [4.69, 9.17) is 10.5 Å². The number of carbonyl (C=O) groups excluding carboxylic acids is 1. The van der Waals surface area contributed by atoms with E-state index in [-0.39, 0.29) is 12.0 Å². The number of hydrogen-bond acceptors (Lipinski definition) is 3. The molecular weight excluding hydrogens is 320 g/mol. The number of rotatable bonds is 4. The standard InChI is InChI=1S/C15H21BrN2O2/c1-10-8-11(16)9-13(17)15(10)18-14(19)6-5-12-4-2-3-7-20-12/h8-9,12H,2-7,17H2,1H3,(H,18,19). The molecule has 1 aromatic carbocycles. The van der Waals surface area contributed by atoms with Crippen molar-refractivity contribution in [3.63, 3.8) is 0 Å². The molecule has 1 heterocycles. The summed E-state index contributed by atoms with van der Waals surface area (Å²) in [5.41, 5.74) is 8.19. The molecule has 1 aliphatic heterocycles. The van der Waals surface area contributed by atoms with Crippen molar-refractivity contribution >= 4 is 33.2 Å². The smallest absolute Gasteiger partial charge is 0.224 e. The molecule has 0 radical (unpaired) electrons. The van der Waals surface area contributed by atoms with Gasteiger partial charge in [0.15, 0.2) is 0 Å². The van der Waals surface area contributed by atoms with Crippen LogP contribution in [0, 0.1) is 6.92 Å². The second-order valence-electron chi connectivity index (χ2n) is 5.26. The lowest BCUT2D eigenvalue weighted by Crippen LogP contribution is -2.22. The summed E-state index contributed by atoms with van der Waals surface area (Å²) in [5.74, 6) is -0.00343. The molecule has 4 nitrogen and oxygen atoms in total. The molecule has 1 unspecified atom stereocenters. The summed E-state index contributed by atoms with van der Waals surface area (Å²) in [6.45, 7) is 2.76. The van der Waals surface area contributed by atoms with Gasteiger partial charge in [-0.15, -0.1) is 0 Å². The van der Waals surface area contributed by atoms with Gasteiger partial charge in [-0.25, -0.2) is 0 Å². The highest BCUT2D eigenvalue weighted by Gasteiger charge is 2.16. The van der Waals surface area contributed by atoms with Crippen LogP contribution in [0.25, 0.3) is 0 Å². The zero-order chi connectivity index (χ0) is 14.5. The average Bonchev–Trinajstić information content (AvgIpc) is 2.42. The summed E-state index contributed by atoms with van der Waals surface area (Å²) < 4.78 is 6.55. The summed E-state index contributed by atoms with van der Waals surface area (Å²) in [6.07, 6.45) is 4.88. The maximum atomic E-state index is 12.0. The Morgan fingerprint density at radius 3 is 2.95 bits per heavy atom. The molecule has 0 saturated carbocycles. The van der Waals surface area contributed by atoms with Crippen LogP contribution in [0.15, 0.2) is 16.6 Å². The molecule has 0 aliphatic carbocycles. The molecular formula is C15H21BrN2O2. The van der Waals surface area contributed by atoms with E-state index in [1.165, 1.54) is 6.42 Å². The third kappa shape index (κ3) is 4.21. The zero-order valence-electron chi connectivity index (χ0n) is 11.7. The predicted molar refractivity (Wildman–Crippen MR) is 84.7 cm³/mol. The number of benzene rings is 1.